The fourth-order valence-corrected chi connectivity index (χ4v) is 4.86. The Morgan fingerprint density at radius 2 is 1.52 bits per heavy atom. The summed E-state index contributed by atoms with van der Waals surface area (Å²) in [6.45, 7) is 1.77. The first-order valence-corrected chi connectivity index (χ1v) is 11.3. The number of aromatic nitrogens is 1. The van der Waals surface area contributed by atoms with Gasteiger partial charge in [-0.2, -0.15) is 0 Å². The van der Waals surface area contributed by atoms with Gasteiger partial charge in [0.05, 0.1) is 24.3 Å². The van der Waals surface area contributed by atoms with Crippen LogP contribution in [-0.4, -0.2) is 58.1 Å². The summed E-state index contributed by atoms with van der Waals surface area (Å²) in [4.78, 5) is 22.0. The van der Waals surface area contributed by atoms with Crippen molar-refractivity contribution in [3.05, 3.63) is 114 Å². The third-order valence-electron chi connectivity index (χ3n) is 6.48. The zero-order valence-corrected chi connectivity index (χ0v) is 18.4. The molecule has 1 fully saturated rings. The minimum absolute atomic E-state index is 0.0675. The van der Waals surface area contributed by atoms with Crippen molar-refractivity contribution in [2.45, 2.75) is 12.1 Å². The van der Waals surface area contributed by atoms with E-state index >= 15 is 0 Å². The molecule has 1 atom stereocenters. The Balaban J connectivity index is 1.44. The van der Waals surface area contributed by atoms with E-state index < -0.39 is 0 Å². The molecular weight excluding hydrogens is 410 g/mol. The molecule has 5 nitrogen and oxygen atoms in total. The zero-order chi connectivity index (χ0) is 22.6. The molecule has 1 amide bonds. The first-order valence-electron chi connectivity index (χ1n) is 11.3. The Morgan fingerprint density at radius 3 is 2.18 bits per heavy atom. The number of hydrogen-bond acceptors (Lipinski definition) is 4. The number of benzene rings is 3. The number of aliphatic hydroxyl groups is 1. The Hall–Kier alpha value is -3.54. The molecule has 3 aromatic carbocycles. The van der Waals surface area contributed by atoms with Crippen molar-refractivity contribution in [1.82, 2.24) is 14.8 Å². The van der Waals surface area contributed by atoms with Crippen molar-refractivity contribution in [2.24, 2.45) is 0 Å². The smallest absolute Gasteiger partial charge is 0.256 e. The Labute approximate surface area is 193 Å². The average molecular weight is 438 g/mol. The summed E-state index contributed by atoms with van der Waals surface area (Å²) in [5.41, 5.74) is 3.00. The van der Waals surface area contributed by atoms with E-state index in [4.69, 9.17) is 0 Å². The van der Waals surface area contributed by atoms with Gasteiger partial charge in [0.1, 0.15) is 0 Å². The number of carbonyl (C=O) groups excluding carboxylic acids is 1. The van der Waals surface area contributed by atoms with Gasteiger partial charge in [-0.25, -0.2) is 0 Å². The summed E-state index contributed by atoms with van der Waals surface area (Å²) in [5, 5.41) is 12.1. The van der Waals surface area contributed by atoms with Gasteiger partial charge in [-0.3, -0.25) is 14.7 Å². The van der Waals surface area contributed by atoms with Crippen LogP contribution in [0.5, 0.6) is 0 Å². The van der Waals surface area contributed by atoms with Gasteiger partial charge in [0.25, 0.3) is 5.91 Å². The Morgan fingerprint density at radius 1 is 0.879 bits per heavy atom. The number of aliphatic hydroxyl groups excluding tert-OH is 1. The minimum Gasteiger partial charge on any atom is -0.394 e. The summed E-state index contributed by atoms with van der Waals surface area (Å²) in [6.07, 6.45) is 3.42. The van der Waals surface area contributed by atoms with E-state index in [0.717, 1.165) is 17.3 Å². The zero-order valence-electron chi connectivity index (χ0n) is 18.4. The lowest BCUT2D eigenvalue weighted by molar-refractivity contribution is 0.0228. The van der Waals surface area contributed by atoms with E-state index in [1.54, 1.807) is 12.4 Å². The van der Waals surface area contributed by atoms with Crippen molar-refractivity contribution in [2.75, 3.05) is 26.2 Å². The highest BCUT2D eigenvalue weighted by Crippen LogP contribution is 2.31. The number of amides is 1. The maximum Gasteiger partial charge on any atom is 0.256 e. The molecule has 1 aliphatic heterocycles. The number of piperazine rings is 1. The molecule has 5 heteroatoms. The van der Waals surface area contributed by atoms with Crippen LogP contribution in [0.2, 0.25) is 0 Å². The van der Waals surface area contributed by atoms with Crippen LogP contribution in [0.25, 0.3) is 10.8 Å². The van der Waals surface area contributed by atoms with E-state index in [1.165, 1.54) is 11.1 Å². The molecule has 4 aromatic rings. The number of nitrogens with zero attached hydrogens (tertiary/aromatic N) is 3. The van der Waals surface area contributed by atoms with Crippen LogP contribution in [0, 0.1) is 0 Å². The SMILES string of the molecule is O=C(c1cncc2ccccc12)N1CCN(C(c2ccccc2)c2ccccc2)CC1CO. The van der Waals surface area contributed by atoms with Crippen LogP contribution in [0.15, 0.2) is 97.3 Å². The summed E-state index contributed by atoms with van der Waals surface area (Å²) < 4.78 is 0. The Kier molecular flexibility index (Phi) is 6.15. The van der Waals surface area contributed by atoms with E-state index in [9.17, 15) is 9.90 Å². The van der Waals surface area contributed by atoms with Crippen LogP contribution in [0.4, 0.5) is 0 Å². The standard InChI is InChI=1S/C28H27N3O2/c32-20-24-19-30(27(21-9-3-1-4-10-21)22-11-5-2-6-12-22)15-16-31(24)28(33)26-18-29-17-23-13-7-8-14-25(23)26/h1-14,17-18,24,27,32H,15-16,19-20H2. The van der Waals surface area contributed by atoms with E-state index in [0.29, 0.717) is 18.7 Å². The molecule has 1 aliphatic rings. The fraction of sp³-hybridized carbons (Fsp3) is 0.214. The van der Waals surface area contributed by atoms with Gasteiger partial charge in [0.2, 0.25) is 0 Å². The van der Waals surface area contributed by atoms with Gasteiger partial charge >= 0.3 is 0 Å². The highest BCUT2D eigenvalue weighted by molar-refractivity contribution is 6.06. The number of carbonyl (C=O) groups is 1. The van der Waals surface area contributed by atoms with E-state index in [-0.39, 0.29) is 24.6 Å². The lowest BCUT2D eigenvalue weighted by atomic mass is 9.95. The van der Waals surface area contributed by atoms with Gasteiger partial charge in [0.15, 0.2) is 0 Å². The van der Waals surface area contributed by atoms with Gasteiger partial charge in [-0.05, 0) is 16.5 Å². The van der Waals surface area contributed by atoms with Crippen molar-refractivity contribution < 1.29 is 9.90 Å². The van der Waals surface area contributed by atoms with Gasteiger partial charge in [-0.15, -0.1) is 0 Å². The van der Waals surface area contributed by atoms with Gasteiger partial charge in [0, 0.05) is 37.4 Å². The second-order valence-corrected chi connectivity index (χ2v) is 8.46. The second-order valence-electron chi connectivity index (χ2n) is 8.46. The fourth-order valence-electron chi connectivity index (χ4n) is 4.86. The lowest BCUT2D eigenvalue weighted by Gasteiger charge is -2.44. The quantitative estimate of drug-likeness (QED) is 0.510. The molecule has 166 valence electrons. The molecule has 0 radical (unpaired) electrons. The summed E-state index contributed by atoms with van der Waals surface area (Å²) in [6, 6.07) is 28.4. The number of fused-ring (bicyclic) bond motifs is 1. The summed E-state index contributed by atoms with van der Waals surface area (Å²) in [5.74, 6) is -0.0750. The first kappa shape index (κ1) is 21.3. The molecule has 1 N–H and O–H groups in total. The second kappa shape index (κ2) is 9.53. The number of hydrogen-bond donors (Lipinski definition) is 1. The van der Waals surface area contributed by atoms with E-state index in [1.807, 2.05) is 41.3 Å². The molecule has 1 saturated heterocycles. The van der Waals surface area contributed by atoms with Crippen LogP contribution in [0.3, 0.4) is 0 Å². The molecule has 33 heavy (non-hydrogen) atoms. The molecule has 2 heterocycles. The van der Waals surface area contributed by atoms with Gasteiger partial charge in [-0.1, -0.05) is 84.9 Å². The Bertz CT molecular complexity index is 1180. The highest BCUT2D eigenvalue weighted by atomic mass is 16.3. The summed E-state index contributed by atoms with van der Waals surface area (Å²) >= 11 is 0. The topological polar surface area (TPSA) is 56.7 Å². The predicted molar refractivity (Wildman–Crippen MR) is 130 cm³/mol. The van der Waals surface area contributed by atoms with E-state index in [2.05, 4.69) is 58.4 Å². The molecule has 1 aromatic heterocycles. The monoisotopic (exact) mass is 437 g/mol. The first-order chi connectivity index (χ1) is 16.3. The molecule has 5 rings (SSSR count). The molecule has 0 saturated carbocycles. The lowest BCUT2D eigenvalue weighted by Crippen LogP contribution is -2.57. The number of pyridine rings is 1. The van der Waals surface area contributed by atoms with Crippen molar-refractivity contribution in [1.29, 1.82) is 0 Å². The normalized spacial score (nSPS) is 16.9. The van der Waals surface area contributed by atoms with Crippen LogP contribution in [0.1, 0.15) is 27.5 Å². The van der Waals surface area contributed by atoms with Crippen molar-refractivity contribution in [3.8, 4) is 0 Å². The van der Waals surface area contributed by atoms with Crippen molar-refractivity contribution in [3.63, 3.8) is 0 Å². The van der Waals surface area contributed by atoms with Gasteiger partial charge < -0.3 is 10.0 Å². The molecular formula is C28H27N3O2. The largest absolute Gasteiger partial charge is 0.394 e. The molecule has 0 bridgehead atoms. The molecule has 0 aliphatic carbocycles. The third-order valence-corrected chi connectivity index (χ3v) is 6.48. The average Bonchev–Trinajstić information content (AvgIpc) is 2.89. The molecule has 1 unspecified atom stereocenters. The minimum atomic E-state index is -0.292. The number of rotatable bonds is 5. The summed E-state index contributed by atoms with van der Waals surface area (Å²) in [7, 11) is 0. The highest BCUT2D eigenvalue weighted by Gasteiger charge is 2.35. The van der Waals surface area contributed by atoms with Crippen LogP contribution in [-0.2, 0) is 0 Å². The van der Waals surface area contributed by atoms with Crippen molar-refractivity contribution >= 4 is 16.7 Å². The third kappa shape index (κ3) is 4.25. The van der Waals surface area contributed by atoms with Crippen LogP contribution >= 0.6 is 0 Å². The molecule has 0 spiro atoms. The van der Waals surface area contributed by atoms with Crippen LogP contribution < -0.4 is 0 Å². The predicted octanol–water partition coefficient (Wildman–Crippen LogP) is 4.14. The maximum absolute atomic E-state index is 13.6. The maximum atomic E-state index is 13.6.